The summed E-state index contributed by atoms with van der Waals surface area (Å²) in [4.78, 5) is 13.0. The minimum Gasteiger partial charge on any atom is -0.462 e. The van der Waals surface area contributed by atoms with Crippen molar-refractivity contribution in [2.24, 2.45) is 34.0 Å². The smallest absolute Gasteiger partial charge is 0.309 e. The fourth-order valence-corrected chi connectivity index (χ4v) is 4.54. The van der Waals surface area contributed by atoms with Crippen LogP contribution in [-0.4, -0.2) is 12.1 Å². The van der Waals surface area contributed by atoms with Gasteiger partial charge in [-0.25, -0.2) is 0 Å². The second kappa shape index (κ2) is 10.3. The molecule has 0 saturated carbocycles. The van der Waals surface area contributed by atoms with E-state index < -0.39 is 0 Å². The molecule has 0 saturated heterocycles. The molecule has 0 heterocycles. The third kappa shape index (κ3) is 14.2. The molecule has 0 radical (unpaired) electrons. The Morgan fingerprint density at radius 3 is 1.56 bits per heavy atom. The fraction of sp³-hybridized carbons (Fsp3) is 0.960. The van der Waals surface area contributed by atoms with Crippen molar-refractivity contribution in [3.05, 3.63) is 0 Å². The number of hydrogen-bond donors (Lipinski definition) is 0. The predicted octanol–water partition coefficient (Wildman–Crippen LogP) is 7.90. The monoisotopic (exact) mass is 382 g/mol. The van der Waals surface area contributed by atoms with Gasteiger partial charge in [0.05, 0.1) is 12.0 Å². The van der Waals surface area contributed by atoms with Gasteiger partial charge >= 0.3 is 5.97 Å². The van der Waals surface area contributed by atoms with Crippen molar-refractivity contribution in [2.75, 3.05) is 0 Å². The molecule has 0 aliphatic carbocycles. The van der Waals surface area contributed by atoms with Crippen molar-refractivity contribution in [1.29, 1.82) is 0 Å². The zero-order chi connectivity index (χ0) is 21.6. The number of carbonyl (C=O) groups is 1. The molecule has 0 bridgehead atoms. The van der Waals surface area contributed by atoms with E-state index in [9.17, 15) is 4.79 Å². The lowest BCUT2D eigenvalue weighted by atomic mass is 9.76. The van der Waals surface area contributed by atoms with Gasteiger partial charge in [0.1, 0.15) is 0 Å². The topological polar surface area (TPSA) is 26.3 Å². The highest BCUT2D eigenvalue weighted by atomic mass is 16.5. The molecule has 0 aromatic carbocycles. The van der Waals surface area contributed by atoms with Gasteiger partial charge in [0.25, 0.3) is 0 Å². The van der Waals surface area contributed by atoms with Gasteiger partial charge in [-0.05, 0) is 67.1 Å². The summed E-state index contributed by atoms with van der Waals surface area (Å²) in [6.45, 7) is 26.9. The largest absolute Gasteiger partial charge is 0.462 e. The lowest BCUT2D eigenvalue weighted by Crippen LogP contribution is -2.31. The van der Waals surface area contributed by atoms with Crippen molar-refractivity contribution >= 4 is 5.97 Å². The number of esters is 1. The van der Waals surface area contributed by atoms with Gasteiger partial charge < -0.3 is 4.74 Å². The van der Waals surface area contributed by atoms with Gasteiger partial charge in [0.15, 0.2) is 0 Å². The van der Waals surface area contributed by atoms with Crippen LogP contribution in [-0.2, 0) is 9.53 Å². The molecule has 0 amide bonds. The number of ether oxygens (including phenoxy) is 1. The maximum Gasteiger partial charge on any atom is 0.309 e. The fourth-order valence-electron chi connectivity index (χ4n) is 4.54. The van der Waals surface area contributed by atoms with E-state index in [4.69, 9.17) is 4.74 Å². The average molecular weight is 383 g/mol. The molecule has 0 aliphatic rings. The van der Waals surface area contributed by atoms with E-state index in [1.54, 1.807) is 0 Å². The molecular weight excluding hydrogens is 332 g/mol. The Kier molecular flexibility index (Phi) is 10.1. The molecule has 2 heteroatoms. The third-order valence-electron chi connectivity index (χ3n) is 5.07. The second-order valence-electron chi connectivity index (χ2n) is 12.8. The van der Waals surface area contributed by atoms with Gasteiger partial charge in [0.2, 0.25) is 0 Å². The molecule has 2 nitrogen and oxygen atoms in total. The van der Waals surface area contributed by atoms with Crippen LogP contribution in [0.4, 0.5) is 0 Å². The standard InChI is InChI=1S/C25H50O2/c1-18(15-23(4,5)6)13-14-21(19(2)16-24(7,8)9)22(26)27-20(3)17-25(10,11)12/h18-21H,13-17H2,1-12H3. The molecule has 0 spiro atoms. The second-order valence-corrected chi connectivity index (χ2v) is 12.8. The highest BCUT2D eigenvalue weighted by Gasteiger charge is 2.31. The summed E-state index contributed by atoms with van der Waals surface area (Å²) in [5, 5.41) is 0. The maximum absolute atomic E-state index is 13.0. The lowest BCUT2D eigenvalue weighted by Gasteiger charge is -2.31. The van der Waals surface area contributed by atoms with Crippen LogP contribution >= 0.6 is 0 Å². The summed E-state index contributed by atoms with van der Waals surface area (Å²) in [5.41, 5.74) is 0.743. The van der Waals surface area contributed by atoms with Crippen LogP contribution in [0.2, 0.25) is 0 Å². The Morgan fingerprint density at radius 2 is 1.15 bits per heavy atom. The molecule has 4 unspecified atom stereocenters. The van der Waals surface area contributed by atoms with Crippen molar-refractivity contribution in [3.8, 4) is 0 Å². The molecule has 27 heavy (non-hydrogen) atoms. The molecule has 0 aromatic heterocycles. The van der Waals surface area contributed by atoms with Gasteiger partial charge in [-0.3, -0.25) is 4.79 Å². The molecular formula is C25H50O2. The minimum atomic E-state index is -0.0196. The zero-order valence-corrected chi connectivity index (χ0v) is 20.7. The SMILES string of the molecule is CC(CCC(C(=O)OC(C)CC(C)(C)C)C(C)CC(C)(C)C)CC(C)(C)C. The Balaban J connectivity index is 5.04. The summed E-state index contributed by atoms with van der Waals surface area (Å²) in [5.74, 6) is 1.01. The Labute approximate surface area is 171 Å². The Hall–Kier alpha value is -0.530. The first kappa shape index (κ1) is 26.5. The highest BCUT2D eigenvalue weighted by Crippen LogP contribution is 2.35. The maximum atomic E-state index is 13.0. The number of hydrogen-bond acceptors (Lipinski definition) is 2. The van der Waals surface area contributed by atoms with Crippen LogP contribution in [0.3, 0.4) is 0 Å². The van der Waals surface area contributed by atoms with Gasteiger partial charge in [-0.2, -0.15) is 0 Å². The molecule has 0 fully saturated rings. The Morgan fingerprint density at radius 1 is 0.704 bits per heavy atom. The minimum absolute atomic E-state index is 0.00839. The van der Waals surface area contributed by atoms with Crippen LogP contribution in [0.15, 0.2) is 0 Å². The normalized spacial score (nSPS) is 17.9. The van der Waals surface area contributed by atoms with Crippen LogP contribution < -0.4 is 0 Å². The van der Waals surface area contributed by atoms with Gasteiger partial charge in [-0.1, -0.05) is 76.2 Å². The molecule has 0 aliphatic heterocycles. The van der Waals surface area contributed by atoms with Crippen LogP contribution in [0.25, 0.3) is 0 Å². The number of carbonyl (C=O) groups excluding carboxylic acids is 1. The predicted molar refractivity (Wildman–Crippen MR) is 119 cm³/mol. The lowest BCUT2D eigenvalue weighted by molar-refractivity contribution is -0.157. The quantitative estimate of drug-likeness (QED) is 0.379. The average Bonchev–Trinajstić information content (AvgIpc) is 2.31. The highest BCUT2D eigenvalue weighted by molar-refractivity contribution is 5.73. The molecule has 0 rings (SSSR count). The van der Waals surface area contributed by atoms with Crippen molar-refractivity contribution in [3.63, 3.8) is 0 Å². The molecule has 4 atom stereocenters. The summed E-state index contributed by atoms with van der Waals surface area (Å²) < 4.78 is 5.92. The van der Waals surface area contributed by atoms with Crippen LogP contribution in [0.1, 0.15) is 115 Å². The molecule has 0 aromatic rings. The van der Waals surface area contributed by atoms with E-state index in [1.165, 1.54) is 6.42 Å². The summed E-state index contributed by atoms with van der Waals surface area (Å²) >= 11 is 0. The van der Waals surface area contributed by atoms with E-state index in [-0.39, 0.29) is 28.8 Å². The van der Waals surface area contributed by atoms with Gasteiger partial charge in [-0.15, -0.1) is 0 Å². The van der Waals surface area contributed by atoms with E-state index >= 15 is 0 Å². The van der Waals surface area contributed by atoms with Crippen molar-refractivity contribution in [2.45, 2.75) is 121 Å². The summed E-state index contributed by atoms with van der Waals surface area (Å²) in [6.07, 6.45) is 5.17. The van der Waals surface area contributed by atoms with Crippen LogP contribution in [0.5, 0.6) is 0 Å². The first-order valence-electron chi connectivity index (χ1n) is 11.1. The first-order chi connectivity index (χ1) is 11.9. The molecule has 162 valence electrons. The first-order valence-corrected chi connectivity index (χ1v) is 11.1. The van der Waals surface area contributed by atoms with E-state index in [0.29, 0.717) is 17.3 Å². The zero-order valence-electron chi connectivity index (χ0n) is 20.7. The Bertz CT molecular complexity index is 431. The molecule has 0 N–H and O–H groups in total. The summed E-state index contributed by atoms with van der Waals surface area (Å²) in [6, 6.07) is 0. The van der Waals surface area contributed by atoms with Crippen molar-refractivity contribution < 1.29 is 9.53 Å². The van der Waals surface area contributed by atoms with E-state index in [0.717, 1.165) is 25.7 Å². The third-order valence-corrected chi connectivity index (χ3v) is 5.07. The number of rotatable bonds is 9. The van der Waals surface area contributed by atoms with E-state index in [2.05, 4.69) is 76.2 Å². The van der Waals surface area contributed by atoms with Crippen LogP contribution in [0, 0.1) is 34.0 Å². The van der Waals surface area contributed by atoms with Crippen molar-refractivity contribution in [1.82, 2.24) is 0 Å². The van der Waals surface area contributed by atoms with Gasteiger partial charge in [0, 0.05) is 0 Å². The van der Waals surface area contributed by atoms with E-state index in [1.807, 2.05) is 6.92 Å². The summed E-state index contributed by atoms with van der Waals surface area (Å²) in [7, 11) is 0.